The topological polar surface area (TPSA) is 122 Å². The first kappa shape index (κ1) is 13.9. The standard InChI is InChI=1S/C12H11N5O2S/c13-7-11-12(16-6-5-15-11)17-8-9-1-3-10(4-2-9)20(14,18)19/h1-6H,8H2,(H,16,17)(H2,14,18,19). The molecule has 20 heavy (non-hydrogen) atoms. The lowest BCUT2D eigenvalue weighted by atomic mass is 10.2. The molecular weight excluding hydrogens is 278 g/mol. The van der Waals surface area contributed by atoms with Crippen LogP contribution in [-0.2, 0) is 16.6 Å². The first-order chi connectivity index (χ1) is 9.50. The fourth-order valence-corrected chi connectivity index (χ4v) is 2.05. The predicted molar refractivity (Wildman–Crippen MR) is 71.9 cm³/mol. The number of rotatable bonds is 4. The number of anilines is 1. The molecule has 0 radical (unpaired) electrons. The first-order valence-corrected chi connectivity index (χ1v) is 7.12. The van der Waals surface area contributed by atoms with Crippen LogP contribution in [0.5, 0.6) is 0 Å². The van der Waals surface area contributed by atoms with Crippen molar-refractivity contribution in [1.82, 2.24) is 9.97 Å². The largest absolute Gasteiger partial charge is 0.364 e. The summed E-state index contributed by atoms with van der Waals surface area (Å²) in [5.74, 6) is 0.380. The van der Waals surface area contributed by atoms with E-state index in [0.29, 0.717) is 12.4 Å². The van der Waals surface area contributed by atoms with Gasteiger partial charge < -0.3 is 5.32 Å². The summed E-state index contributed by atoms with van der Waals surface area (Å²) in [6.45, 7) is 0.387. The third-order valence-electron chi connectivity index (χ3n) is 2.52. The molecule has 1 aromatic heterocycles. The Bertz CT molecular complexity index is 750. The summed E-state index contributed by atoms with van der Waals surface area (Å²) in [4.78, 5) is 7.94. The van der Waals surface area contributed by atoms with Crippen molar-refractivity contribution in [1.29, 1.82) is 5.26 Å². The summed E-state index contributed by atoms with van der Waals surface area (Å²) in [5.41, 5.74) is 1.03. The van der Waals surface area contributed by atoms with E-state index in [-0.39, 0.29) is 10.6 Å². The van der Waals surface area contributed by atoms with Crippen molar-refractivity contribution in [3.8, 4) is 6.07 Å². The van der Waals surface area contributed by atoms with E-state index in [4.69, 9.17) is 10.4 Å². The Balaban J connectivity index is 2.10. The highest BCUT2D eigenvalue weighted by Crippen LogP contribution is 2.12. The van der Waals surface area contributed by atoms with Crippen LogP contribution in [0.25, 0.3) is 0 Å². The smallest absolute Gasteiger partial charge is 0.238 e. The number of nitriles is 1. The number of aromatic nitrogens is 2. The number of hydrogen-bond acceptors (Lipinski definition) is 6. The molecule has 0 aliphatic carbocycles. The monoisotopic (exact) mass is 289 g/mol. The van der Waals surface area contributed by atoms with Gasteiger partial charge >= 0.3 is 0 Å². The number of sulfonamides is 1. The van der Waals surface area contributed by atoms with Gasteiger partial charge in [-0.25, -0.2) is 23.5 Å². The van der Waals surface area contributed by atoms with E-state index in [0.717, 1.165) is 5.56 Å². The van der Waals surface area contributed by atoms with Gasteiger partial charge in [0, 0.05) is 18.9 Å². The molecule has 102 valence electrons. The molecule has 0 unspecified atom stereocenters. The Morgan fingerprint density at radius 2 is 1.85 bits per heavy atom. The van der Waals surface area contributed by atoms with Gasteiger partial charge in [0.15, 0.2) is 11.5 Å². The van der Waals surface area contributed by atoms with Crippen molar-refractivity contribution in [3.63, 3.8) is 0 Å². The third kappa shape index (κ3) is 3.28. The lowest BCUT2D eigenvalue weighted by Crippen LogP contribution is -2.12. The lowest BCUT2D eigenvalue weighted by Gasteiger charge is -2.06. The fourth-order valence-electron chi connectivity index (χ4n) is 1.53. The van der Waals surface area contributed by atoms with Gasteiger partial charge in [-0.3, -0.25) is 0 Å². The molecule has 7 nitrogen and oxygen atoms in total. The maximum Gasteiger partial charge on any atom is 0.238 e. The second-order valence-electron chi connectivity index (χ2n) is 3.91. The Morgan fingerprint density at radius 3 is 2.45 bits per heavy atom. The van der Waals surface area contributed by atoms with Crippen LogP contribution in [0, 0.1) is 11.3 Å². The highest BCUT2D eigenvalue weighted by atomic mass is 32.2. The summed E-state index contributed by atoms with van der Waals surface area (Å²) in [6.07, 6.45) is 2.91. The highest BCUT2D eigenvalue weighted by molar-refractivity contribution is 7.89. The van der Waals surface area contributed by atoms with Crippen LogP contribution in [0.4, 0.5) is 5.82 Å². The highest BCUT2D eigenvalue weighted by Gasteiger charge is 2.07. The van der Waals surface area contributed by atoms with Crippen molar-refractivity contribution in [2.75, 3.05) is 5.32 Å². The number of primary sulfonamides is 1. The van der Waals surface area contributed by atoms with Gasteiger partial charge in [0.25, 0.3) is 0 Å². The predicted octanol–water partition coefficient (Wildman–Crippen LogP) is 0.608. The zero-order chi connectivity index (χ0) is 14.6. The molecule has 2 rings (SSSR count). The van der Waals surface area contributed by atoms with Crippen molar-refractivity contribution < 1.29 is 8.42 Å². The average molecular weight is 289 g/mol. The molecule has 1 heterocycles. The van der Waals surface area contributed by atoms with Gasteiger partial charge in [-0.1, -0.05) is 12.1 Å². The van der Waals surface area contributed by atoms with Crippen LogP contribution in [0.2, 0.25) is 0 Å². The molecule has 0 aliphatic rings. The van der Waals surface area contributed by atoms with Crippen LogP contribution in [0.15, 0.2) is 41.6 Å². The normalized spacial score (nSPS) is 10.8. The summed E-state index contributed by atoms with van der Waals surface area (Å²) in [5, 5.41) is 16.8. The summed E-state index contributed by atoms with van der Waals surface area (Å²) >= 11 is 0. The lowest BCUT2D eigenvalue weighted by molar-refractivity contribution is 0.598. The zero-order valence-electron chi connectivity index (χ0n) is 10.3. The summed E-state index contributed by atoms with van der Waals surface area (Å²) < 4.78 is 22.2. The van der Waals surface area contributed by atoms with Crippen LogP contribution in [0.3, 0.4) is 0 Å². The molecule has 1 aromatic carbocycles. The molecule has 0 bridgehead atoms. The zero-order valence-corrected chi connectivity index (χ0v) is 11.1. The molecule has 0 saturated carbocycles. The second kappa shape index (κ2) is 5.64. The number of nitrogens with one attached hydrogen (secondary N) is 1. The van der Waals surface area contributed by atoms with Crippen LogP contribution < -0.4 is 10.5 Å². The molecule has 0 amide bonds. The minimum Gasteiger partial charge on any atom is -0.364 e. The Morgan fingerprint density at radius 1 is 1.20 bits per heavy atom. The molecular formula is C12H11N5O2S. The average Bonchev–Trinajstić information content (AvgIpc) is 2.45. The minimum atomic E-state index is -3.68. The van der Waals surface area contributed by atoms with Crippen LogP contribution >= 0.6 is 0 Å². The minimum absolute atomic E-state index is 0.0541. The van der Waals surface area contributed by atoms with Crippen LogP contribution in [0.1, 0.15) is 11.3 Å². The van der Waals surface area contributed by atoms with E-state index in [1.165, 1.54) is 24.5 Å². The quantitative estimate of drug-likeness (QED) is 0.850. The van der Waals surface area contributed by atoms with Gasteiger partial charge in [0.2, 0.25) is 10.0 Å². The third-order valence-corrected chi connectivity index (χ3v) is 3.45. The van der Waals surface area contributed by atoms with E-state index in [1.807, 2.05) is 6.07 Å². The summed E-state index contributed by atoms with van der Waals surface area (Å²) in [6, 6.07) is 8.05. The van der Waals surface area contributed by atoms with E-state index >= 15 is 0 Å². The Hall–Kier alpha value is -2.50. The van der Waals surface area contributed by atoms with E-state index < -0.39 is 10.0 Å². The SMILES string of the molecule is N#Cc1nccnc1NCc1ccc(S(N)(=O)=O)cc1. The van der Waals surface area contributed by atoms with Crippen LogP contribution in [-0.4, -0.2) is 18.4 Å². The van der Waals surface area contributed by atoms with E-state index in [9.17, 15) is 8.42 Å². The molecule has 0 aliphatic heterocycles. The van der Waals surface area contributed by atoms with Gasteiger partial charge in [-0.2, -0.15) is 5.26 Å². The summed E-state index contributed by atoms with van der Waals surface area (Å²) in [7, 11) is -3.68. The van der Waals surface area contributed by atoms with Crippen molar-refractivity contribution in [2.45, 2.75) is 11.4 Å². The fraction of sp³-hybridized carbons (Fsp3) is 0.0833. The van der Waals surface area contributed by atoms with Gasteiger partial charge in [-0.15, -0.1) is 0 Å². The second-order valence-corrected chi connectivity index (χ2v) is 5.47. The van der Waals surface area contributed by atoms with E-state index in [2.05, 4.69) is 15.3 Å². The molecule has 0 fully saturated rings. The van der Waals surface area contributed by atoms with Gasteiger partial charge in [0.1, 0.15) is 6.07 Å². The number of hydrogen-bond donors (Lipinski definition) is 2. The van der Waals surface area contributed by atoms with Gasteiger partial charge in [-0.05, 0) is 17.7 Å². The number of benzene rings is 1. The van der Waals surface area contributed by atoms with Gasteiger partial charge in [0.05, 0.1) is 4.90 Å². The molecule has 8 heteroatoms. The van der Waals surface area contributed by atoms with Crippen molar-refractivity contribution >= 4 is 15.8 Å². The van der Waals surface area contributed by atoms with Crippen molar-refractivity contribution in [2.24, 2.45) is 5.14 Å². The molecule has 0 spiro atoms. The molecule has 0 saturated heterocycles. The maximum absolute atomic E-state index is 11.1. The van der Waals surface area contributed by atoms with E-state index in [1.54, 1.807) is 12.1 Å². The number of nitrogens with two attached hydrogens (primary N) is 1. The van der Waals surface area contributed by atoms with Crippen molar-refractivity contribution in [3.05, 3.63) is 47.9 Å². The molecule has 2 aromatic rings. The maximum atomic E-state index is 11.1. The first-order valence-electron chi connectivity index (χ1n) is 5.57. The number of nitrogens with zero attached hydrogens (tertiary/aromatic N) is 3. The molecule has 3 N–H and O–H groups in total. The molecule has 0 atom stereocenters. The Labute approximate surface area is 116 Å². The Kier molecular flexibility index (Phi) is 3.93.